The van der Waals surface area contributed by atoms with E-state index in [0.717, 1.165) is 43.9 Å². The van der Waals surface area contributed by atoms with Gasteiger partial charge in [-0.25, -0.2) is 4.98 Å². The van der Waals surface area contributed by atoms with Crippen molar-refractivity contribution in [2.24, 2.45) is 0 Å². The smallest absolute Gasteiger partial charge is 0.137 e. The lowest BCUT2D eigenvalue weighted by molar-refractivity contribution is 0.292. The summed E-state index contributed by atoms with van der Waals surface area (Å²) < 4.78 is 2.26. The lowest BCUT2D eigenvalue weighted by Crippen LogP contribution is -2.23. The Labute approximate surface area is 149 Å². The van der Waals surface area contributed by atoms with Crippen molar-refractivity contribution in [2.45, 2.75) is 33.7 Å². The van der Waals surface area contributed by atoms with Crippen LogP contribution in [0.4, 0.5) is 5.69 Å². The van der Waals surface area contributed by atoms with Crippen LogP contribution < -0.4 is 5.32 Å². The molecular formula is C21H26N4. The molecule has 130 valence electrons. The Morgan fingerprint density at radius 1 is 1.16 bits per heavy atom. The van der Waals surface area contributed by atoms with Gasteiger partial charge in [0.05, 0.1) is 11.4 Å². The second kappa shape index (κ2) is 6.52. The first-order valence-electron chi connectivity index (χ1n) is 9.26. The average Bonchev–Trinajstić information content (AvgIpc) is 3.22. The van der Waals surface area contributed by atoms with Gasteiger partial charge in [0, 0.05) is 30.5 Å². The second-order valence-electron chi connectivity index (χ2n) is 6.85. The Balaban J connectivity index is 1.86. The maximum atomic E-state index is 5.01. The van der Waals surface area contributed by atoms with Crippen LogP contribution in [0, 0.1) is 6.92 Å². The van der Waals surface area contributed by atoms with E-state index in [4.69, 9.17) is 4.98 Å². The zero-order valence-electron chi connectivity index (χ0n) is 15.3. The zero-order valence-corrected chi connectivity index (χ0v) is 15.3. The number of fused-ring (bicyclic) bond motifs is 2. The normalized spacial score (nSPS) is 13.4. The van der Waals surface area contributed by atoms with Crippen LogP contribution in [0.3, 0.4) is 0 Å². The molecule has 0 spiro atoms. The van der Waals surface area contributed by atoms with Crippen LogP contribution >= 0.6 is 0 Å². The zero-order chi connectivity index (χ0) is 17.4. The molecule has 0 fully saturated rings. The van der Waals surface area contributed by atoms with Crippen molar-refractivity contribution in [3.8, 4) is 11.3 Å². The fraction of sp³-hybridized carbons (Fsp3) is 0.381. The highest BCUT2D eigenvalue weighted by atomic mass is 15.1. The SMILES string of the molecule is CCN(CC)Cc1c(-c2ccc3c(c2)CCN3)nc2cc(C)ccn12. The van der Waals surface area contributed by atoms with E-state index in [2.05, 4.69) is 71.9 Å². The Kier molecular flexibility index (Phi) is 4.22. The molecule has 4 rings (SSSR count). The van der Waals surface area contributed by atoms with Crippen molar-refractivity contribution in [3.05, 3.63) is 53.3 Å². The van der Waals surface area contributed by atoms with Gasteiger partial charge >= 0.3 is 0 Å². The minimum absolute atomic E-state index is 0.919. The first-order valence-corrected chi connectivity index (χ1v) is 9.26. The number of hydrogen-bond acceptors (Lipinski definition) is 3. The summed E-state index contributed by atoms with van der Waals surface area (Å²) in [6, 6.07) is 11.1. The average molecular weight is 334 g/mol. The van der Waals surface area contributed by atoms with Gasteiger partial charge in [-0.2, -0.15) is 0 Å². The predicted octanol–water partition coefficient (Wildman–Crippen LogP) is 4.12. The van der Waals surface area contributed by atoms with E-state index in [0.29, 0.717) is 0 Å². The summed E-state index contributed by atoms with van der Waals surface area (Å²) in [5.74, 6) is 0. The molecule has 0 aliphatic carbocycles. The second-order valence-corrected chi connectivity index (χ2v) is 6.85. The molecule has 0 saturated carbocycles. The molecule has 1 aromatic carbocycles. The van der Waals surface area contributed by atoms with E-state index in [1.165, 1.54) is 28.1 Å². The molecule has 0 radical (unpaired) electrons. The minimum atomic E-state index is 0.919. The van der Waals surface area contributed by atoms with E-state index in [1.54, 1.807) is 0 Å². The summed E-state index contributed by atoms with van der Waals surface area (Å²) in [6.07, 6.45) is 3.26. The van der Waals surface area contributed by atoms with Gasteiger partial charge in [0.2, 0.25) is 0 Å². The van der Waals surface area contributed by atoms with Crippen LogP contribution in [-0.4, -0.2) is 33.9 Å². The van der Waals surface area contributed by atoms with Crippen molar-refractivity contribution in [3.63, 3.8) is 0 Å². The molecule has 0 saturated heterocycles. The van der Waals surface area contributed by atoms with E-state index in [9.17, 15) is 0 Å². The highest BCUT2D eigenvalue weighted by Gasteiger charge is 2.18. The molecule has 0 bridgehead atoms. The topological polar surface area (TPSA) is 32.6 Å². The summed E-state index contributed by atoms with van der Waals surface area (Å²) in [4.78, 5) is 7.45. The van der Waals surface area contributed by atoms with Crippen LogP contribution in [0.2, 0.25) is 0 Å². The number of imidazole rings is 1. The van der Waals surface area contributed by atoms with Crippen molar-refractivity contribution >= 4 is 11.3 Å². The number of benzene rings is 1. The first kappa shape index (κ1) is 16.2. The molecule has 1 N–H and O–H groups in total. The Hall–Kier alpha value is -2.33. The molecule has 25 heavy (non-hydrogen) atoms. The number of pyridine rings is 1. The molecule has 1 aliphatic heterocycles. The Bertz CT molecular complexity index is 906. The maximum Gasteiger partial charge on any atom is 0.137 e. The number of nitrogens with one attached hydrogen (secondary N) is 1. The van der Waals surface area contributed by atoms with Gasteiger partial charge in [-0.3, -0.25) is 4.90 Å². The van der Waals surface area contributed by atoms with Crippen LogP contribution in [0.15, 0.2) is 36.5 Å². The summed E-state index contributed by atoms with van der Waals surface area (Å²) in [5.41, 5.74) is 8.59. The van der Waals surface area contributed by atoms with Gasteiger partial charge < -0.3 is 9.72 Å². The highest BCUT2D eigenvalue weighted by molar-refractivity contribution is 5.71. The fourth-order valence-corrected chi connectivity index (χ4v) is 3.69. The summed E-state index contributed by atoms with van der Waals surface area (Å²) in [6.45, 7) is 10.6. The molecule has 0 unspecified atom stereocenters. The van der Waals surface area contributed by atoms with Crippen LogP contribution in [-0.2, 0) is 13.0 Å². The third-order valence-electron chi connectivity index (χ3n) is 5.24. The molecule has 3 heterocycles. The molecule has 2 aromatic heterocycles. The quantitative estimate of drug-likeness (QED) is 0.762. The Morgan fingerprint density at radius 2 is 2.00 bits per heavy atom. The van der Waals surface area contributed by atoms with Gasteiger partial charge in [0.15, 0.2) is 0 Å². The van der Waals surface area contributed by atoms with Crippen LogP contribution in [0.5, 0.6) is 0 Å². The third kappa shape index (κ3) is 2.91. The van der Waals surface area contributed by atoms with E-state index < -0.39 is 0 Å². The van der Waals surface area contributed by atoms with Crippen molar-refractivity contribution in [1.29, 1.82) is 0 Å². The van der Waals surface area contributed by atoms with Crippen molar-refractivity contribution in [1.82, 2.24) is 14.3 Å². The van der Waals surface area contributed by atoms with Gasteiger partial charge in [-0.15, -0.1) is 0 Å². The van der Waals surface area contributed by atoms with Crippen LogP contribution in [0.1, 0.15) is 30.7 Å². The van der Waals surface area contributed by atoms with Crippen molar-refractivity contribution in [2.75, 3.05) is 25.0 Å². The predicted molar refractivity (Wildman–Crippen MR) is 104 cm³/mol. The van der Waals surface area contributed by atoms with Crippen molar-refractivity contribution < 1.29 is 0 Å². The lowest BCUT2D eigenvalue weighted by Gasteiger charge is -2.18. The Morgan fingerprint density at radius 3 is 2.80 bits per heavy atom. The lowest BCUT2D eigenvalue weighted by atomic mass is 10.0. The molecule has 3 aromatic rings. The fourth-order valence-electron chi connectivity index (χ4n) is 3.69. The van der Waals surface area contributed by atoms with Gasteiger partial charge in [-0.1, -0.05) is 19.9 Å². The van der Waals surface area contributed by atoms with Gasteiger partial charge in [-0.05, 0) is 61.8 Å². The number of anilines is 1. The van der Waals surface area contributed by atoms with E-state index in [1.807, 2.05) is 0 Å². The number of nitrogens with zero attached hydrogens (tertiary/aromatic N) is 3. The third-order valence-corrected chi connectivity index (χ3v) is 5.24. The molecule has 0 amide bonds. The largest absolute Gasteiger partial charge is 0.384 e. The van der Waals surface area contributed by atoms with E-state index >= 15 is 0 Å². The molecule has 1 aliphatic rings. The van der Waals surface area contributed by atoms with E-state index in [-0.39, 0.29) is 0 Å². The number of rotatable bonds is 5. The summed E-state index contributed by atoms with van der Waals surface area (Å²) >= 11 is 0. The molecular weight excluding hydrogens is 308 g/mol. The molecule has 4 nitrogen and oxygen atoms in total. The number of hydrogen-bond donors (Lipinski definition) is 1. The molecule has 0 atom stereocenters. The summed E-state index contributed by atoms with van der Waals surface area (Å²) in [5, 5.41) is 3.44. The monoisotopic (exact) mass is 334 g/mol. The highest BCUT2D eigenvalue weighted by Crippen LogP contribution is 2.31. The summed E-state index contributed by atoms with van der Waals surface area (Å²) in [7, 11) is 0. The first-order chi connectivity index (χ1) is 12.2. The maximum absolute atomic E-state index is 5.01. The number of aromatic nitrogens is 2. The standard InChI is InChI=1S/C21H26N4/c1-4-24(5-2)14-19-21(23-20-12-15(3)9-11-25(19)20)17-6-7-18-16(13-17)8-10-22-18/h6-7,9,11-13,22H,4-5,8,10,14H2,1-3H3. The minimum Gasteiger partial charge on any atom is -0.384 e. The van der Waals surface area contributed by atoms with Gasteiger partial charge in [0.1, 0.15) is 5.65 Å². The number of aryl methyl sites for hydroxylation is 1. The van der Waals surface area contributed by atoms with Gasteiger partial charge in [0.25, 0.3) is 0 Å². The van der Waals surface area contributed by atoms with Crippen LogP contribution in [0.25, 0.3) is 16.9 Å². The molecule has 4 heteroatoms.